The number of hydrogen-bond acceptors (Lipinski definition) is 5. The molecule has 6 nitrogen and oxygen atoms in total. The Kier molecular flexibility index (Phi) is 2.92. The summed E-state index contributed by atoms with van der Waals surface area (Å²) in [4.78, 5) is 18.6. The second-order valence-corrected chi connectivity index (χ2v) is 7.11. The van der Waals surface area contributed by atoms with Gasteiger partial charge in [0.1, 0.15) is 0 Å². The molecule has 2 aromatic heterocycles. The molecule has 2 aliphatic rings. The number of aryl methyl sites for hydroxylation is 2. The Labute approximate surface area is 127 Å². The van der Waals surface area contributed by atoms with Crippen LogP contribution < -0.4 is 5.32 Å². The number of thiazole rings is 1. The van der Waals surface area contributed by atoms with E-state index in [-0.39, 0.29) is 0 Å². The highest BCUT2D eigenvalue weighted by Crippen LogP contribution is 2.33. The first-order chi connectivity index (χ1) is 10.1. The zero-order valence-corrected chi connectivity index (χ0v) is 13.1. The maximum atomic E-state index is 11.9. The molecule has 1 aliphatic carbocycles. The van der Waals surface area contributed by atoms with E-state index in [4.69, 9.17) is 0 Å². The SMILES string of the molecule is Cc1nn(C)c2nc(NCC3CC(=O)N(C4CC4)C3)sc12. The van der Waals surface area contributed by atoms with E-state index in [2.05, 4.69) is 20.3 Å². The van der Waals surface area contributed by atoms with Gasteiger partial charge in [0, 0.05) is 38.5 Å². The van der Waals surface area contributed by atoms with Gasteiger partial charge in [-0.15, -0.1) is 0 Å². The summed E-state index contributed by atoms with van der Waals surface area (Å²) in [5, 5.41) is 8.69. The molecular formula is C14H19N5OS. The van der Waals surface area contributed by atoms with Crippen molar-refractivity contribution in [3.8, 4) is 0 Å². The molecule has 1 aliphatic heterocycles. The third-order valence-corrected chi connectivity index (χ3v) is 5.42. The van der Waals surface area contributed by atoms with Crippen molar-refractivity contribution in [3.63, 3.8) is 0 Å². The minimum Gasteiger partial charge on any atom is -0.361 e. The van der Waals surface area contributed by atoms with Crippen LogP contribution in [0.2, 0.25) is 0 Å². The Morgan fingerprint density at radius 3 is 2.95 bits per heavy atom. The number of hydrogen-bond donors (Lipinski definition) is 1. The average Bonchev–Trinajstić information content (AvgIpc) is 2.99. The van der Waals surface area contributed by atoms with E-state index in [1.165, 1.54) is 12.8 Å². The quantitative estimate of drug-likeness (QED) is 0.935. The lowest BCUT2D eigenvalue weighted by Gasteiger charge is -2.15. The molecule has 1 atom stereocenters. The Bertz CT molecular complexity index is 667. The molecular weight excluding hydrogens is 286 g/mol. The van der Waals surface area contributed by atoms with Gasteiger partial charge in [-0.05, 0) is 19.8 Å². The third-order valence-electron chi connectivity index (χ3n) is 4.31. The normalized spacial score (nSPS) is 22.5. The summed E-state index contributed by atoms with van der Waals surface area (Å²) >= 11 is 1.64. The number of carbonyl (C=O) groups excluding carboxylic acids is 1. The van der Waals surface area contributed by atoms with Crippen molar-refractivity contribution in [3.05, 3.63) is 5.69 Å². The largest absolute Gasteiger partial charge is 0.361 e. The van der Waals surface area contributed by atoms with Crippen LogP contribution in [-0.2, 0) is 11.8 Å². The van der Waals surface area contributed by atoms with Crippen LogP contribution in [0.1, 0.15) is 25.0 Å². The number of nitrogens with one attached hydrogen (secondary N) is 1. The third kappa shape index (κ3) is 2.29. The van der Waals surface area contributed by atoms with Crippen LogP contribution in [0.4, 0.5) is 5.13 Å². The highest BCUT2D eigenvalue weighted by molar-refractivity contribution is 7.22. The van der Waals surface area contributed by atoms with Gasteiger partial charge in [0.25, 0.3) is 0 Å². The van der Waals surface area contributed by atoms with Gasteiger partial charge < -0.3 is 10.2 Å². The number of rotatable bonds is 4. The predicted octanol–water partition coefficient (Wildman–Crippen LogP) is 1.76. The molecule has 7 heteroatoms. The van der Waals surface area contributed by atoms with Crippen LogP contribution in [0.15, 0.2) is 0 Å². The molecule has 2 fully saturated rings. The molecule has 0 radical (unpaired) electrons. The standard InChI is InChI=1S/C14H19N5OS/c1-8-12-13(18(2)17-8)16-14(21-12)15-6-9-5-11(20)19(7-9)10-3-4-10/h9-10H,3-7H2,1-2H3,(H,15,16). The molecule has 1 unspecified atom stereocenters. The summed E-state index contributed by atoms with van der Waals surface area (Å²) in [7, 11) is 1.92. The molecule has 2 aromatic rings. The lowest BCUT2D eigenvalue weighted by molar-refractivity contribution is -0.128. The van der Waals surface area contributed by atoms with Crippen LogP contribution in [-0.4, -0.2) is 44.7 Å². The number of aromatic nitrogens is 3. The lowest BCUT2D eigenvalue weighted by Crippen LogP contribution is -2.28. The smallest absolute Gasteiger partial charge is 0.223 e. The summed E-state index contributed by atoms with van der Waals surface area (Å²) in [5.41, 5.74) is 1.95. The van der Waals surface area contributed by atoms with Crippen molar-refractivity contribution in [1.29, 1.82) is 0 Å². The van der Waals surface area contributed by atoms with Crippen molar-refractivity contribution >= 4 is 32.7 Å². The lowest BCUT2D eigenvalue weighted by atomic mass is 10.1. The summed E-state index contributed by atoms with van der Waals surface area (Å²) in [5.74, 6) is 0.734. The second-order valence-electron chi connectivity index (χ2n) is 6.11. The Morgan fingerprint density at radius 2 is 2.24 bits per heavy atom. The molecule has 4 rings (SSSR count). The summed E-state index contributed by atoms with van der Waals surface area (Å²) in [6.45, 7) is 3.73. The van der Waals surface area contributed by atoms with E-state index in [0.717, 1.165) is 34.3 Å². The van der Waals surface area contributed by atoms with Gasteiger partial charge in [-0.3, -0.25) is 4.79 Å². The van der Waals surface area contributed by atoms with E-state index in [0.29, 0.717) is 24.3 Å². The van der Waals surface area contributed by atoms with E-state index in [1.807, 2.05) is 18.7 Å². The number of carbonyl (C=O) groups is 1. The highest BCUT2D eigenvalue weighted by atomic mass is 32.1. The maximum absolute atomic E-state index is 11.9. The zero-order chi connectivity index (χ0) is 14.6. The molecule has 1 saturated heterocycles. The van der Waals surface area contributed by atoms with Crippen molar-refractivity contribution < 1.29 is 4.79 Å². The van der Waals surface area contributed by atoms with Crippen LogP contribution in [0.3, 0.4) is 0 Å². The van der Waals surface area contributed by atoms with Gasteiger partial charge in [-0.2, -0.15) is 5.10 Å². The van der Waals surface area contributed by atoms with E-state index in [9.17, 15) is 4.79 Å². The molecule has 3 heterocycles. The van der Waals surface area contributed by atoms with E-state index in [1.54, 1.807) is 11.3 Å². The molecule has 0 spiro atoms. The fourth-order valence-electron chi connectivity index (χ4n) is 3.08. The fraction of sp³-hybridized carbons (Fsp3) is 0.643. The molecule has 1 saturated carbocycles. The maximum Gasteiger partial charge on any atom is 0.223 e. The van der Waals surface area contributed by atoms with Gasteiger partial charge in [-0.25, -0.2) is 9.67 Å². The van der Waals surface area contributed by atoms with Gasteiger partial charge in [0.15, 0.2) is 10.8 Å². The van der Waals surface area contributed by atoms with E-state index >= 15 is 0 Å². The molecule has 112 valence electrons. The first-order valence-electron chi connectivity index (χ1n) is 7.45. The topological polar surface area (TPSA) is 63.1 Å². The summed E-state index contributed by atoms with van der Waals surface area (Å²) in [6.07, 6.45) is 3.06. The number of likely N-dealkylation sites (tertiary alicyclic amines) is 1. The highest BCUT2D eigenvalue weighted by Gasteiger charge is 2.39. The summed E-state index contributed by atoms with van der Waals surface area (Å²) in [6, 6.07) is 0.540. The van der Waals surface area contributed by atoms with Gasteiger partial charge in [0.05, 0.1) is 10.4 Å². The average molecular weight is 305 g/mol. The number of nitrogens with zero attached hydrogens (tertiary/aromatic N) is 4. The van der Waals surface area contributed by atoms with Crippen LogP contribution >= 0.6 is 11.3 Å². The fourth-order valence-corrected chi connectivity index (χ4v) is 4.02. The summed E-state index contributed by atoms with van der Waals surface area (Å²) < 4.78 is 2.96. The molecule has 21 heavy (non-hydrogen) atoms. The van der Waals surface area contributed by atoms with Crippen molar-refractivity contribution in [2.45, 2.75) is 32.2 Å². The van der Waals surface area contributed by atoms with Crippen LogP contribution in [0.25, 0.3) is 10.3 Å². The van der Waals surface area contributed by atoms with Crippen molar-refractivity contribution in [2.24, 2.45) is 13.0 Å². The number of anilines is 1. The van der Waals surface area contributed by atoms with Crippen LogP contribution in [0, 0.1) is 12.8 Å². The molecule has 1 amide bonds. The van der Waals surface area contributed by atoms with Crippen molar-refractivity contribution in [2.75, 3.05) is 18.4 Å². The minimum atomic E-state index is 0.327. The van der Waals surface area contributed by atoms with Gasteiger partial charge in [0.2, 0.25) is 5.91 Å². The number of amides is 1. The molecule has 0 aromatic carbocycles. The van der Waals surface area contributed by atoms with E-state index < -0.39 is 0 Å². The first kappa shape index (κ1) is 13.1. The predicted molar refractivity (Wildman–Crippen MR) is 82.5 cm³/mol. The van der Waals surface area contributed by atoms with Crippen molar-refractivity contribution in [1.82, 2.24) is 19.7 Å². The molecule has 0 bridgehead atoms. The second kappa shape index (κ2) is 4.69. The Morgan fingerprint density at radius 1 is 1.43 bits per heavy atom. The molecule has 1 N–H and O–H groups in total. The van der Waals surface area contributed by atoms with Gasteiger partial charge >= 0.3 is 0 Å². The van der Waals surface area contributed by atoms with Crippen LogP contribution in [0.5, 0.6) is 0 Å². The number of fused-ring (bicyclic) bond motifs is 1. The monoisotopic (exact) mass is 305 g/mol. The van der Waals surface area contributed by atoms with Gasteiger partial charge in [-0.1, -0.05) is 11.3 Å². The first-order valence-corrected chi connectivity index (χ1v) is 8.27. The Hall–Kier alpha value is -1.63. The minimum absolute atomic E-state index is 0.327. The zero-order valence-electron chi connectivity index (χ0n) is 12.3. The Balaban J connectivity index is 1.41.